The summed E-state index contributed by atoms with van der Waals surface area (Å²) in [6.45, 7) is 7.25. The maximum atomic E-state index is 11.9. The van der Waals surface area contributed by atoms with Crippen molar-refractivity contribution < 1.29 is 4.79 Å². The predicted octanol–water partition coefficient (Wildman–Crippen LogP) is 2.63. The molecule has 22 heavy (non-hydrogen) atoms. The number of aromatic nitrogens is 4. The van der Waals surface area contributed by atoms with Crippen molar-refractivity contribution >= 4 is 33.4 Å². The average Bonchev–Trinajstić information content (AvgIpc) is 2.90. The van der Waals surface area contributed by atoms with Crippen molar-refractivity contribution in [3.8, 4) is 0 Å². The van der Waals surface area contributed by atoms with E-state index in [1.54, 1.807) is 15.6 Å². The van der Waals surface area contributed by atoms with E-state index in [-0.39, 0.29) is 12.5 Å². The minimum absolute atomic E-state index is 0.0484. The van der Waals surface area contributed by atoms with Gasteiger partial charge in [0.05, 0.1) is 26.6 Å². The number of nitrogens with zero attached hydrogens (tertiary/aromatic N) is 4. The zero-order valence-corrected chi connectivity index (χ0v) is 15.2. The molecule has 1 amide bonds. The Hall–Kier alpha value is -1.34. The molecule has 2 aromatic heterocycles. The second-order valence-corrected chi connectivity index (χ2v) is 6.37. The van der Waals surface area contributed by atoms with Crippen molar-refractivity contribution in [2.24, 2.45) is 0 Å². The summed E-state index contributed by atoms with van der Waals surface area (Å²) in [5, 5.41) is 12.1. The third kappa shape index (κ3) is 4.10. The van der Waals surface area contributed by atoms with Gasteiger partial charge in [-0.25, -0.2) is 0 Å². The van der Waals surface area contributed by atoms with E-state index in [9.17, 15) is 4.79 Å². The molecule has 0 aliphatic heterocycles. The molecule has 0 atom stereocenters. The molecular formula is C14H19BrClN5O. The second-order valence-electron chi connectivity index (χ2n) is 5.17. The Kier molecular flexibility index (Phi) is 5.63. The van der Waals surface area contributed by atoms with E-state index in [1.165, 1.54) is 0 Å². The van der Waals surface area contributed by atoms with Gasteiger partial charge in [-0.05, 0) is 43.1 Å². The average molecular weight is 389 g/mol. The number of amides is 1. The van der Waals surface area contributed by atoms with Gasteiger partial charge in [0, 0.05) is 19.3 Å². The third-order valence-corrected chi connectivity index (χ3v) is 4.88. The number of hydrogen-bond donors (Lipinski definition) is 1. The van der Waals surface area contributed by atoms with E-state index in [2.05, 4.69) is 31.4 Å². The molecule has 0 aromatic carbocycles. The second kappa shape index (κ2) is 7.28. The molecule has 2 aromatic rings. The van der Waals surface area contributed by atoms with Crippen LogP contribution in [0, 0.1) is 20.8 Å². The maximum absolute atomic E-state index is 11.9. The van der Waals surface area contributed by atoms with E-state index in [1.807, 2.05) is 20.8 Å². The molecule has 0 spiro atoms. The summed E-state index contributed by atoms with van der Waals surface area (Å²) in [6.07, 6.45) is 2.59. The van der Waals surface area contributed by atoms with Crippen LogP contribution in [-0.2, 0) is 17.9 Å². The number of carbonyl (C=O) groups is 1. The Balaban J connectivity index is 1.75. The molecular weight excluding hydrogens is 370 g/mol. The Morgan fingerprint density at radius 1 is 1.32 bits per heavy atom. The molecule has 2 heterocycles. The highest BCUT2D eigenvalue weighted by molar-refractivity contribution is 9.10. The molecule has 2 rings (SSSR count). The molecule has 0 saturated carbocycles. The SMILES string of the molecule is Cc1nn(CCCNC(=O)Cn2nc(C)c(Br)c2C)cc1Cl. The zero-order valence-electron chi connectivity index (χ0n) is 12.9. The summed E-state index contributed by atoms with van der Waals surface area (Å²) < 4.78 is 4.44. The summed E-state index contributed by atoms with van der Waals surface area (Å²) in [5.41, 5.74) is 2.66. The number of rotatable bonds is 6. The first-order valence-corrected chi connectivity index (χ1v) is 8.21. The first-order chi connectivity index (χ1) is 10.4. The zero-order chi connectivity index (χ0) is 16.3. The third-order valence-electron chi connectivity index (χ3n) is 3.36. The van der Waals surface area contributed by atoms with Gasteiger partial charge in [-0.2, -0.15) is 10.2 Å². The van der Waals surface area contributed by atoms with Gasteiger partial charge in [0.25, 0.3) is 0 Å². The van der Waals surface area contributed by atoms with Gasteiger partial charge in [-0.1, -0.05) is 11.6 Å². The molecule has 0 fully saturated rings. The van der Waals surface area contributed by atoms with Crippen LogP contribution in [-0.4, -0.2) is 32.0 Å². The van der Waals surface area contributed by atoms with E-state index in [0.29, 0.717) is 11.6 Å². The van der Waals surface area contributed by atoms with E-state index in [0.717, 1.165) is 34.5 Å². The highest BCUT2D eigenvalue weighted by atomic mass is 79.9. The van der Waals surface area contributed by atoms with Crippen LogP contribution in [0.2, 0.25) is 5.02 Å². The van der Waals surface area contributed by atoms with Gasteiger partial charge < -0.3 is 5.32 Å². The summed E-state index contributed by atoms with van der Waals surface area (Å²) in [6, 6.07) is 0. The van der Waals surface area contributed by atoms with Gasteiger partial charge in [0.2, 0.25) is 5.91 Å². The molecule has 6 nitrogen and oxygen atoms in total. The highest BCUT2D eigenvalue weighted by Gasteiger charge is 2.11. The van der Waals surface area contributed by atoms with Crippen LogP contribution in [0.4, 0.5) is 0 Å². The Labute approximate surface area is 143 Å². The van der Waals surface area contributed by atoms with Gasteiger partial charge >= 0.3 is 0 Å². The lowest BCUT2D eigenvalue weighted by atomic mass is 10.4. The van der Waals surface area contributed by atoms with Crippen molar-refractivity contribution in [1.29, 1.82) is 0 Å². The fourth-order valence-corrected chi connectivity index (χ4v) is 2.53. The highest BCUT2D eigenvalue weighted by Crippen LogP contribution is 2.19. The quantitative estimate of drug-likeness (QED) is 0.774. The van der Waals surface area contributed by atoms with Crippen LogP contribution in [0.5, 0.6) is 0 Å². The van der Waals surface area contributed by atoms with E-state index < -0.39 is 0 Å². The lowest BCUT2D eigenvalue weighted by Gasteiger charge is -2.07. The van der Waals surface area contributed by atoms with Crippen LogP contribution in [0.3, 0.4) is 0 Å². The number of hydrogen-bond acceptors (Lipinski definition) is 3. The standard InChI is InChI=1S/C14H19BrClN5O/c1-9-12(16)7-20(18-9)6-4-5-17-13(22)8-21-11(3)14(15)10(2)19-21/h7H,4-6,8H2,1-3H3,(H,17,22). The van der Waals surface area contributed by atoms with E-state index >= 15 is 0 Å². The van der Waals surface area contributed by atoms with Crippen LogP contribution in [0.25, 0.3) is 0 Å². The van der Waals surface area contributed by atoms with Crippen LogP contribution >= 0.6 is 27.5 Å². The molecule has 0 unspecified atom stereocenters. The van der Waals surface area contributed by atoms with Gasteiger partial charge in [0.1, 0.15) is 6.54 Å². The maximum Gasteiger partial charge on any atom is 0.241 e. The van der Waals surface area contributed by atoms with E-state index in [4.69, 9.17) is 11.6 Å². The molecule has 0 aliphatic carbocycles. The molecule has 1 N–H and O–H groups in total. The smallest absolute Gasteiger partial charge is 0.241 e. The topological polar surface area (TPSA) is 64.7 Å². The molecule has 0 saturated heterocycles. The first-order valence-electron chi connectivity index (χ1n) is 7.04. The number of nitrogens with one attached hydrogen (secondary N) is 1. The van der Waals surface area contributed by atoms with Gasteiger partial charge in [-0.3, -0.25) is 14.2 Å². The monoisotopic (exact) mass is 387 g/mol. The Morgan fingerprint density at radius 3 is 2.59 bits per heavy atom. The van der Waals surface area contributed by atoms with Crippen LogP contribution < -0.4 is 5.32 Å². The number of aryl methyl sites for hydroxylation is 3. The van der Waals surface area contributed by atoms with Crippen molar-refractivity contribution in [3.05, 3.63) is 32.8 Å². The van der Waals surface area contributed by atoms with Crippen molar-refractivity contribution in [3.63, 3.8) is 0 Å². The van der Waals surface area contributed by atoms with Crippen molar-refractivity contribution in [1.82, 2.24) is 24.9 Å². The molecule has 8 heteroatoms. The molecule has 120 valence electrons. The van der Waals surface area contributed by atoms with Crippen molar-refractivity contribution in [2.45, 2.75) is 40.3 Å². The van der Waals surface area contributed by atoms with Crippen LogP contribution in [0.1, 0.15) is 23.5 Å². The van der Waals surface area contributed by atoms with Gasteiger partial charge in [-0.15, -0.1) is 0 Å². The minimum atomic E-state index is -0.0484. The largest absolute Gasteiger partial charge is 0.354 e. The first kappa shape index (κ1) is 17.0. The lowest BCUT2D eigenvalue weighted by molar-refractivity contribution is -0.121. The minimum Gasteiger partial charge on any atom is -0.354 e. The Bertz CT molecular complexity index is 660. The number of carbonyl (C=O) groups excluding carboxylic acids is 1. The lowest BCUT2D eigenvalue weighted by Crippen LogP contribution is -2.29. The Morgan fingerprint density at radius 2 is 2.05 bits per heavy atom. The molecule has 0 bridgehead atoms. The van der Waals surface area contributed by atoms with Crippen LogP contribution in [0.15, 0.2) is 10.7 Å². The van der Waals surface area contributed by atoms with Crippen molar-refractivity contribution in [2.75, 3.05) is 6.54 Å². The summed E-state index contributed by atoms with van der Waals surface area (Å²) >= 11 is 9.40. The molecule has 0 radical (unpaired) electrons. The van der Waals surface area contributed by atoms with Gasteiger partial charge in [0.15, 0.2) is 0 Å². The summed E-state index contributed by atoms with van der Waals surface area (Å²) in [5.74, 6) is -0.0484. The number of halogens is 2. The summed E-state index contributed by atoms with van der Waals surface area (Å²) in [7, 11) is 0. The predicted molar refractivity (Wildman–Crippen MR) is 89.0 cm³/mol. The fraction of sp³-hybridized carbons (Fsp3) is 0.500. The molecule has 0 aliphatic rings. The normalized spacial score (nSPS) is 11.0. The fourth-order valence-electron chi connectivity index (χ4n) is 2.10. The summed E-state index contributed by atoms with van der Waals surface area (Å²) in [4.78, 5) is 11.9.